The molecular formula is C9H4BrF5O2. The van der Waals surface area contributed by atoms with Crippen LogP contribution in [0, 0.1) is 0 Å². The lowest BCUT2D eigenvalue weighted by Crippen LogP contribution is -2.23. The Hall–Kier alpha value is -1.18. The van der Waals surface area contributed by atoms with Crippen molar-refractivity contribution >= 4 is 21.7 Å². The highest BCUT2D eigenvalue weighted by Crippen LogP contribution is 2.30. The third kappa shape index (κ3) is 3.65. The number of hydrogen-bond donors (Lipinski definition) is 0. The molecule has 0 heterocycles. The lowest BCUT2D eigenvalue weighted by atomic mass is 10.1. The van der Waals surface area contributed by atoms with Crippen LogP contribution in [0.4, 0.5) is 22.0 Å². The maximum Gasteiger partial charge on any atom is 0.455 e. The number of ether oxygens (including phenoxy) is 1. The summed E-state index contributed by atoms with van der Waals surface area (Å²) in [6.07, 6.45) is -5.14. The van der Waals surface area contributed by atoms with Gasteiger partial charge in [-0.3, -0.25) is 4.79 Å². The predicted molar refractivity (Wildman–Crippen MR) is 51.2 cm³/mol. The van der Waals surface area contributed by atoms with E-state index in [-0.39, 0.29) is 4.47 Å². The molecule has 0 unspecified atom stereocenters. The highest BCUT2D eigenvalue weighted by Gasteiger charge is 2.41. The fourth-order valence-electron chi connectivity index (χ4n) is 1.03. The van der Waals surface area contributed by atoms with Gasteiger partial charge in [-0.1, -0.05) is 15.9 Å². The maximum absolute atomic E-state index is 12.1. The average Bonchev–Trinajstić information content (AvgIpc) is 2.14. The van der Waals surface area contributed by atoms with Crippen LogP contribution in [-0.2, 0) is 0 Å². The summed E-state index contributed by atoms with van der Waals surface area (Å²) in [7, 11) is 0. The molecule has 0 bridgehead atoms. The molecule has 94 valence electrons. The lowest BCUT2D eigenvalue weighted by Gasteiger charge is -2.11. The van der Waals surface area contributed by atoms with E-state index >= 15 is 0 Å². The first-order valence-corrected chi connectivity index (χ1v) is 4.87. The van der Waals surface area contributed by atoms with Crippen LogP contribution < -0.4 is 4.74 Å². The summed E-state index contributed by atoms with van der Waals surface area (Å²) in [5.41, 5.74) is -0.957. The second-order valence-electron chi connectivity index (χ2n) is 2.85. The van der Waals surface area contributed by atoms with Gasteiger partial charge in [-0.25, -0.2) is 0 Å². The third-order valence-corrected chi connectivity index (χ3v) is 2.16. The van der Waals surface area contributed by atoms with Crippen LogP contribution in [-0.4, -0.2) is 18.6 Å². The van der Waals surface area contributed by atoms with Crippen molar-refractivity contribution in [3.63, 3.8) is 0 Å². The van der Waals surface area contributed by atoms with Crippen LogP contribution in [0.1, 0.15) is 10.4 Å². The molecule has 2 nitrogen and oxygen atoms in total. The van der Waals surface area contributed by atoms with E-state index in [2.05, 4.69) is 20.7 Å². The van der Waals surface area contributed by atoms with Crippen LogP contribution in [0.25, 0.3) is 0 Å². The van der Waals surface area contributed by atoms with Crippen LogP contribution in [0.15, 0.2) is 22.7 Å². The summed E-state index contributed by atoms with van der Waals surface area (Å²) in [5.74, 6) is -3.06. The number of carbonyl (C=O) groups is 1. The van der Waals surface area contributed by atoms with Gasteiger partial charge in [0, 0.05) is 4.47 Å². The smallest absolute Gasteiger partial charge is 0.434 e. The van der Waals surface area contributed by atoms with E-state index in [1.165, 1.54) is 0 Å². The highest BCUT2D eigenvalue weighted by atomic mass is 79.9. The number of rotatable bonds is 3. The minimum atomic E-state index is -5.14. The van der Waals surface area contributed by atoms with Crippen molar-refractivity contribution in [3.8, 4) is 5.75 Å². The first-order valence-electron chi connectivity index (χ1n) is 4.07. The Balaban J connectivity index is 3.19. The Morgan fingerprint density at radius 3 is 2.35 bits per heavy atom. The molecule has 1 aromatic rings. The maximum atomic E-state index is 12.1. The van der Waals surface area contributed by atoms with Gasteiger partial charge in [0.15, 0.2) is 0 Å². The first kappa shape index (κ1) is 13.9. The molecule has 0 aliphatic heterocycles. The van der Waals surface area contributed by atoms with E-state index in [0.717, 1.165) is 18.2 Å². The molecule has 0 aromatic heterocycles. The summed E-state index contributed by atoms with van der Waals surface area (Å²) in [6, 6.07) is 2.75. The second kappa shape index (κ2) is 4.99. The zero-order valence-corrected chi connectivity index (χ0v) is 9.48. The number of Topliss-reactive ketones (excluding diaryl/α,β-unsaturated/α-hetero) is 1. The lowest BCUT2D eigenvalue weighted by molar-refractivity contribution is -0.0896. The van der Waals surface area contributed by atoms with Gasteiger partial charge in [0.2, 0.25) is 0 Å². The molecule has 0 fully saturated rings. The van der Waals surface area contributed by atoms with Gasteiger partial charge in [0.25, 0.3) is 5.78 Å². The molecule has 0 saturated heterocycles. The molecule has 1 rings (SSSR count). The van der Waals surface area contributed by atoms with E-state index < -0.39 is 29.9 Å². The van der Waals surface area contributed by atoms with Crippen molar-refractivity contribution in [2.75, 3.05) is 0 Å². The van der Waals surface area contributed by atoms with Crippen molar-refractivity contribution in [1.82, 2.24) is 0 Å². The van der Waals surface area contributed by atoms with Gasteiger partial charge in [0.05, 0.1) is 5.56 Å². The number of alkyl halides is 5. The quantitative estimate of drug-likeness (QED) is 0.626. The third-order valence-electron chi connectivity index (χ3n) is 1.66. The average molecular weight is 319 g/mol. The molecule has 17 heavy (non-hydrogen) atoms. The number of carbonyl (C=O) groups excluding carboxylic acids is 1. The SMILES string of the molecule is O=C(c1ccc(Br)cc1OC(F)F)C(F)(F)F. The van der Waals surface area contributed by atoms with E-state index in [1.54, 1.807) is 0 Å². The van der Waals surface area contributed by atoms with Gasteiger partial charge in [-0.2, -0.15) is 22.0 Å². The second-order valence-corrected chi connectivity index (χ2v) is 3.76. The first-order chi connectivity index (χ1) is 7.71. The summed E-state index contributed by atoms with van der Waals surface area (Å²) in [6.45, 7) is -3.32. The Bertz CT molecular complexity index is 430. The Morgan fingerprint density at radius 2 is 1.88 bits per heavy atom. The largest absolute Gasteiger partial charge is 0.455 e. The van der Waals surface area contributed by atoms with Crippen molar-refractivity contribution in [3.05, 3.63) is 28.2 Å². The number of benzene rings is 1. The molecule has 0 atom stereocenters. The number of hydrogen-bond acceptors (Lipinski definition) is 2. The topological polar surface area (TPSA) is 26.3 Å². The fraction of sp³-hybridized carbons (Fsp3) is 0.222. The van der Waals surface area contributed by atoms with Crippen molar-refractivity contribution in [2.24, 2.45) is 0 Å². The van der Waals surface area contributed by atoms with Gasteiger partial charge >= 0.3 is 12.8 Å². The monoisotopic (exact) mass is 318 g/mol. The van der Waals surface area contributed by atoms with E-state index in [4.69, 9.17) is 0 Å². The normalized spacial score (nSPS) is 11.7. The summed E-state index contributed by atoms with van der Waals surface area (Å²) >= 11 is 2.87. The van der Waals surface area contributed by atoms with Crippen LogP contribution >= 0.6 is 15.9 Å². The van der Waals surface area contributed by atoms with E-state index in [9.17, 15) is 26.7 Å². The molecule has 0 radical (unpaired) electrons. The van der Waals surface area contributed by atoms with Crippen LogP contribution in [0.2, 0.25) is 0 Å². The van der Waals surface area contributed by atoms with Crippen molar-refractivity contribution in [2.45, 2.75) is 12.8 Å². The zero-order valence-electron chi connectivity index (χ0n) is 7.89. The molecule has 8 heteroatoms. The van der Waals surface area contributed by atoms with Crippen LogP contribution in [0.5, 0.6) is 5.75 Å². The Kier molecular flexibility index (Phi) is 4.07. The molecule has 0 N–H and O–H groups in total. The summed E-state index contributed by atoms with van der Waals surface area (Å²) in [5, 5.41) is 0. The molecule has 0 spiro atoms. The molecule has 1 aromatic carbocycles. The Labute approximate surface area is 100 Å². The van der Waals surface area contributed by atoms with Gasteiger partial charge in [-0.05, 0) is 18.2 Å². The van der Waals surface area contributed by atoms with Crippen molar-refractivity contribution in [1.29, 1.82) is 0 Å². The fourth-order valence-corrected chi connectivity index (χ4v) is 1.37. The van der Waals surface area contributed by atoms with Crippen molar-refractivity contribution < 1.29 is 31.5 Å². The highest BCUT2D eigenvalue weighted by molar-refractivity contribution is 9.10. The van der Waals surface area contributed by atoms with E-state index in [0.29, 0.717) is 0 Å². The summed E-state index contributed by atoms with van der Waals surface area (Å²) in [4.78, 5) is 10.9. The van der Waals surface area contributed by atoms with Crippen LogP contribution in [0.3, 0.4) is 0 Å². The van der Waals surface area contributed by atoms with Gasteiger partial charge in [-0.15, -0.1) is 0 Å². The molecule has 0 saturated carbocycles. The predicted octanol–water partition coefficient (Wildman–Crippen LogP) is 3.80. The molecular weight excluding hydrogens is 315 g/mol. The molecule has 0 amide bonds. The van der Waals surface area contributed by atoms with E-state index in [1.807, 2.05) is 0 Å². The molecule has 0 aliphatic carbocycles. The zero-order chi connectivity index (χ0) is 13.2. The van der Waals surface area contributed by atoms with Gasteiger partial charge < -0.3 is 4.74 Å². The minimum absolute atomic E-state index is 0.215. The Morgan fingerprint density at radius 1 is 1.29 bits per heavy atom. The minimum Gasteiger partial charge on any atom is -0.434 e. The summed E-state index contributed by atoms with van der Waals surface area (Å²) < 4.78 is 64.4. The molecule has 0 aliphatic rings. The van der Waals surface area contributed by atoms with Gasteiger partial charge in [0.1, 0.15) is 5.75 Å². The number of halogens is 6. The number of ketones is 1. The standard InChI is InChI=1S/C9H4BrF5O2/c10-4-1-2-5(7(16)9(13,14)15)6(3-4)17-8(11)12/h1-3,8H.